The molecule has 8 heteroatoms. The SMILES string of the molecule is C=CCOCCC(=O)N1CCCN1C(=O)CNC(=O)c1ccco1. The van der Waals surface area contributed by atoms with E-state index in [-0.39, 0.29) is 37.1 Å². The van der Waals surface area contributed by atoms with E-state index < -0.39 is 5.91 Å². The summed E-state index contributed by atoms with van der Waals surface area (Å²) in [6.07, 6.45) is 3.89. The van der Waals surface area contributed by atoms with Crippen molar-refractivity contribution in [1.29, 1.82) is 0 Å². The number of furan rings is 1. The van der Waals surface area contributed by atoms with Crippen molar-refractivity contribution >= 4 is 17.7 Å². The Morgan fingerprint density at radius 1 is 1.29 bits per heavy atom. The third-order valence-corrected chi connectivity index (χ3v) is 3.45. The molecule has 24 heavy (non-hydrogen) atoms. The Hall–Kier alpha value is -2.61. The van der Waals surface area contributed by atoms with Crippen LogP contribution in [-0.2, 0) is 14.3 Å². The van der Waals surface area contributed by atoms with Crippen LogP contribution >= 0.6 is 0 Å². The van der Waals surface area contributed by atoms with Gasteiger partial charge in [0.2, 0.25) is 5.91 Å². The van der Waals surface area contributed by atoms with Crippen molar-refractivity contribution in [3.63, 3.8) is 0 Å². The monoisotopic (exact) mass is 335 g/mol. The highest BCUT2D eigenvalue weighted by molar-refractivity contribution is 5.94. The lowest BCUT2D eigenvalue weighted by Gasteiger charge is -2.28. The summed E-state index contributed by atoms with van der Waals surface area (Å²) < 4.78 is 10.1. The second-order valence-corrected chi connectivity index (χ2v) is 5.16. The molecule has 1 N–H and O–H groups in total. The molecular weight excluding hydrogens is 314 g/mol. The molecule has 0 saturated carbocycles. The second kappa shape index (κ2) is 8.88. The van der Waals surface area contributed by atoms with Gasteiger partial charge in [0.05, 0.1) is 32.4 Å². The Kier molecular flexibility index (Phi) is 6.56. The highest BCUT2D eigenvalue weighted by Gasteiger charge is 2.30. The van der Waals surface area contributed by atoms with Gasteiger partial charge in [0, 0.05) is 13.1 Å². The van der Waals surface area contributed by atoms with E-state index in [9.17, 15) is 14.4 Å². The van der Waals surface area contributed by atoms with Gasteiger partial charge in [-0.1, -0.05) is 6.08 Å². The zero-order chi connectivity index (χ0) is 17.4. The number of rotatable bonds is 8. The topological polar surface area (TPSA) is 92.1 Å². The van der Waals surface area contributed by atoms with Crippen molar-refractivity contribution in [2.45, 2.75) is 12.8 Å². The van der Waals surface area contributed by atoms with Gasteiger partial charge in [-0.2, -0.15) is 0 Å². The zero-order valence-electron chi connectivity index (χ0n) is 13.4. The number of carbonyl (C=O) groups is 3. The van der Waals surface area contributed by atoms with E-state index in [0.29, 0.717) is 26.1 Å². The molecule has 1 aromatic rings. The van der Waals surface area contributed by atoms with Gasteiger partial charge in [-0.05, 0) is 18.6 Å². The van der Waals surface area contributed by atoms with Crippen molar-refractivity contribution in [2.75, 3.05) is 32.8 Å². The number of nitrogens with zero attached hydrogens (tertiary/aromatic N) is 2. The van der Waals surface area contributed by atoms with Crippen LogP contribution in [0.15, 0.2) is 35.5 Å². The summed E-state index contributed by atoms with van der Waals surface area (Å²) in [5.41, 5.74) is 0. The lowest BCUT2D eigenvalue weighted by molar-refractivity contribution is -0.157. The highest BCUT2D eigenvalue weighted by Crippen LogP contribution is 2.12. The first-order chi connectivity index (χ1) is 11.6. The number of hydrogen-bond donors (Lipinski definition) is 1. The number of nitrogens with one attached hydrogen (secondary N) is 1. The van der Waals surface area contributed by atoms with Crippen LogP contribution in [0, 0.1) is 0 Å². The largest absolute Gasteiger partial charge is 0.459 e. The molecule has 2 rings (SSSR count). The fourth-order valence-electron chi connectivity index (χ4n) is 2.33. The van der Waals surface area contributed by atoms with Gasteiger partial charge in [0.25, 0.3) is 11.8 Å². The summed E-state index contributed by atoms with van der Waals surface area (Å²) in [7, 11) is 0. The summed E-state index contributed by atoms with van der Waals surface area (Å²) in [4.78, 5) is 36.2. The van der Waals surface area contributed by atoms with E-state index >= 15 is 0 Å². The molecule has 1 aromatic heterocycles. The lowest BCUT2D eigenvalue weighted by atomic mass is 10.4. The number of hydrazine groups is 1. The van der Waals surface area contributed by atoms with Crippen molar-refractivity contribution in [3.05, 3.63) is 36.8 Å². The smallest absolute Gasteiger partial charge is 0.287 e. The van der Waals surface area contributed by atoms with Crippen molar-refractivity contribution < 1.29 is 23.5 Å². The Balaban J connectivity index is 1.80. The molecule has 0 unspecified atom stereocenters. The minimum atomic E-state index is -0.469. The maximum absolute atomic E-state index is 12.3. The fraction of sp³-hybridized carbons (Fsp3) is 0.438. The molecule has 3 amide bonds. The third kappa shape index (κ3) is 4.69. The van der Waals surface area contributed by atoms with Crippen LogP contribution in [0.4, 0.5) is 0 Å². The lowest BCUT2D eigenvalue weighted by Crippen LogP contribution is -2.48. The summed E-state index contributed by atoms with van der Waals surface area (Å²) in [5, 5.41) is 5.27. The van der Waals surface area contributed by atoms with Crippen molar-refractivity contribution in [1.82, 2.24) is 15.3 Å². The van der Waals surface area contributed by atoms with E-state index in [1.807, 2.05) is 0 Å². The molecule has 1 aliphatic rings. The first-order valence-electron chi connectivity index (χ1n) is 7.74. The zero-order valence-corrected chi connectivity index (χ0v) is 13.4. The van der Waals surface area contributed by atoms with Crippen LogP contribution in [0.25, 0.3) is 0 Å². The highest BCUT2D eigenvalue weighted by atomic mass is 16.5. The first-order valence-corrected chi connectivity index (χ1v) is 7.74. The van der Waals surface area contributed by atoms with Gasteiger partial charge >= 0.3 is 0 Å². The number of amides is 3. The Morgan fingerprint density at radius 2 is 2.04 bits per heavy atom. The van der Waals surface area contributed by atoms with Crippen LogP contribution < -0.4 is 5.32 Å². The average Bonchev–Trinajstić information content (AvgIpc) is 3.27. The molecule has 8 nitrogen and oxygen atoms in total. The predicted molar refractivity (Wildman–Crippen MR) is 84.7 cm³/mol. The molecule has 2 heterocycles. The van der Waals surface area contributed by atoms with Gasteiger partial charge in [-0.3, -0.25) is 19.4 Å². The van der Waals surface area contributed by atoms with E-state index in [4.69, 9.17) is 9.15 Å². The molecule has 1 saturated heterocycles. The van der Waals surface area contributed by atoms with E-state index in [0.717, 1.165) is 0 Å². The Labute approximate surface area is 140 Å². The Bertz CT molecular complexity index is 585. The van der Waals surface area contributed by atoms with Gasteiger partial charge in [0.1, 0.15) is 0 Å². The quantitative estimate of drug-likeness (QED) is 0.554. The summed E-state index contributed by atoms with van der Waals surface area (Å²) in [6.45, 7) is 4.93. The van der Waals surface area contributed by atoms with Gasteiger partial charge in [-0.25, -0.2) is 5.01 Å². The molecule has 130 valence electrons. The maximum Gasteiger partial charge on any atom is 0.287 e. The summed E-state index contributed by atoms with van der Waals surface area (Å²) >= 11 is 0. The molecule has 0 aliphatic carbocycles. The molecular formula is C16H21N3O5. The molecule has 1 fully saturated rings. The van der Waals surface area contributed by atoms with E-state index in [2.05, 4.69) is 11.9 Å². The first kappa shape index (κ1) is 17.7. The van der Waals surface area contributed by atoms with Crippen molar-refractivity contribution in [2.24, 2.45) is 0 Å². The Morgan fingerprint density at radius 3 is 2.71 bits per heavy atom. The standard InChI is InChI=1S/C16H21N3O5/c1-2-9-23-11-6-14(20)18-7-4-8-19(18)15(21)12-17-16(22)13-5-3-10-24-13/h2-3,5,10H,1,4,6-9,11-12H2,(H,17,22). The molecule has 0 radical (unpaired) electrons. The van der Waals surface area contributed by atoms with Crippen LogP contribution in [0.3, 0.4) is 0 Å². The van der Waals surface area contributed by atoms with E-state index in [1.54, 1.807) is 12.1 Å². The third-order valence-electron chi connectivity index (χ3n) is 3.45. The molecule has 0 aromatic carbocycles. The fourth-order valence-corrected chi connectivity index (χ4v) is 2.33. The van der Waals surface area contributed by atoms with E-state index in [1.165, 1.54) is 22.3 Å². The van der Waals surface area contributed by atoms with Crippen LogP contribution in [0.1, 0.15) is 23.4 Å². The average molecular weight is 335 g/mol. The van der Waals surface area contributed by atoms with Crippen LogP contribution in [0.5, 0.6) is 0 Å². The van der Waals surface area contributed by atoms with Crippen LogP contribution in [0.2, 0.25) is 0 Å². The van der Waals surface area contributed by atoms with Gasteiger partial charge in [0.15, 0.2) is 5.76 Å². The molecule has 1 aliphatic heterocycles. The minimum Gasteiger partial charge on any atom is -0.459 e. The number of ether oxygens (including phenoxy) is 1. The summed E-state index contributed by atoms with van der Waals surface area (Å²) in [6, 6.07) is 3.10. The van der Waals surface area contributed by atoms with Crippen molar-refractivity contribution in [3.8, 4) is 0 Å². The number of carbonyl (C=O) groups excluding carboxylic acids is 3. The van der Waals surface area contributed by atoms with Gasteiger partial charge in [-0.15, -0.1) is 6.58 Å². The molecule has 0 atom stereocenters. The second-order valence-electron chi connectivity index (χ2n) is 5.16. The van der Waals surface area contributed by atoms with Gasteiger partial charge < -0.3 is 14.5 Å². The number of hydrogen-bond acceptors (Lipinski definition) is 5. The normalized spacial score (nSPS) is 13.8. The molecule has 0 bridgehead atoms. The van der Waals surface area contributed by atoms with Crippen LogP contribution in [-0.4, -0.2) is 60.6 Å². The molecule has 0 spiro atoms. The minimum absolute atomic E-state index is 0.136. The maximum atomic E-state index is 12.3. The predicted octanol–water partition coefficient (Wildman–Crippen LogP) is 0.578. The summed E-state index contributed by atoms with van der Waals surface area (Å²) in [5.74, 6) is -0.852.